The van der Waals surface area contributed by atoms with Gasteiger partial charge in [0.1, 0.15) is 5.75 Å². The van der Waals surface area contributed by atoms with E-state index in [0.29, 0.717) is 28.4 Å². The van der Waals surface area contributed by atoms with E-state index in [1.54, 1.807) is 56.6 Å². The van der Waals surface area contributed by atoms with Crippen LogP contribution < -0.4 is 20.7 Å². The number of hydrogen-bond acceptors (Lipinski definition) is 5. The number of carbonyl (C=O) groups is 3. The van der Waals surface area contributed by atoms with E-state index in [1.165, 1.54) is 18.9 Å². The number of rotatable bonds is 7. The second-order valence-corrected chi connectivity index (χ2v) is 6.27. The minimum Gasteiger partial charge on any atom is -0.495 e. The second kappa shape index (κ2) is 9.40. The van der Waals surface area contributed by atoms with Gasteiger partial charge in [0.2, 0.25) is 11.8 Å². The molecule has 8 heteroatoms. The maximum atomic E-state index is 12.3. The van der Waals surface area contributed by atoms with Crippen LogP contribution in [0.2, 0.25) is 0 Å². The predicted molar refractivity (Wildman–Crippen MR) is 109 cm³/mol. The zero-order chi connectivity index (χ0) is 20.7. The van der Waals surface area contributed by atoms with E-state index in [9.17, 15) is 14.4 Å². The van der Waals surface area contributed by atoms with Crippen molar-refractivity contribution in [3.63, 3.8) is 0 Å². The Morgan fingerprint density at radius 2 is 1.61 bits per heavy atom. The highest BCUT2D eigenvalue weighted by Gasteiger charge is 2.10. The van der Waals surface area contributed by atoms with Gasteiger partial charge in [0.25, 0.3) is 5.91 Å². The van der Waals surface area contributed by atoms with Crippen molar-refractivity contribution >= 4 is 34.8 Å². The lowest BCUT2D eigenvalue weighted by Crippen LogP contribution is -2.23. The lowest BCUT2D eigenvalue weighted by Gasteiger charge is -2.13. The van der Waals surface area contributed by atoms with Crippen molar-refractivity contribution in [2.24, 2.45) is 0 Å². The van der Waals surface area contributed by atoms with Crippen molar-refractivity contribution in [1.82, 2.24) is 4.90 Å². The van der Waals surface area contributed by atoms with Gasteiger partial charge in [-0.2, -0.15) is 0 Å². The molecule has 28 heavy (non-hydrogen) atoms. The Hall–Kier alpha value is -3.55. The number of hydrogen-bond donors (Lipinski definition) is 3. The van der Waals surface area contributed by atoms with Crippen LogP contribution in [0.4, 0.5) is 17.1 Å². The van der Waals surface area contributed by atoms with Crippen LogP contribution in [-0.4, -0.2) is 50.4 Å². The Morgan fingerprint density at radius 3 is 2.18 bits per heavy atom. The van der Waals surface area contributed by atoms with Gasteiger partial charge in [-0.3, -0.25) is 14.4 Å². The van der Waals surface area contributed by atoms with Crippen molar-refractivity contribution in [2.75, 3.05) is 43.7 Å². The molecular formula is C20H24N4O4. The fourth-order valence-electron chi connectivity index (χ4n) is 2.45. The normalized spacial score (nSPS) is 10.0. The van der Waals surface area contributed by atoms with E-state index < -0.39 is 0 Å². The first kappa shape index (κ1) is 20.8. The van der Waals surface area contributed by atoms with Crippen molar-refractivity contribution in [2.45, 2.75) is 6.92 Å². The summed E-state index contributed by atoms with van der Waals surface area (Å²) in [7, 11) is 4.87. The highest BCUT2D eigenvalue weighted by molar-refractivity contribution is 5.97. The third kappa shape index (κ3) is 5.73. The molecule has 0 aliphatic rings. The molecule has 8 nitrogen and oxygen atoms in total. The molecule has 0 aliphatic heterocycles. The first-order chi connectivity index (χ1) is 13.3. The molecule has 0 fully saturated rings. The average molecular weight is 384 g/mol. The van der Waals surface area contributed by atoms with Gasteiger partial charge in [-0.1, -0.05) is 0 Å². The number of ether oxygens (including phenoxy) is 1. The molecule has 0 heterocycles. The Balaban J connectivity index is 1.98. The van der Waals surface area contributed by atoms with Gasteiger partial charge in [-0.15, -0.1) is 0 Å². The topological polar surface area (TPSA) is 99.8 Å². The van der Waals surface area contributed by atoms with Gasteiger partial charge < -0.3 is 25.6 Å². The molecular weight excluding hydrogens is 360 g/mol. The number of benzene rings is 2. The van der Waals surface area contributed by atoms with Gasteiger partial charge in [0.15, 0.2) is 0 Å². The van der Waals surface area contributed by atoms with Crippen LogP contribution >= 0.6 is 0 Å². The first-order valence-corrected chi connectivity index (χ1v) is 8.61. The van der Waals surface area contributed by atoms with E-state index in [-0.39, 0.29) is 24.3 Å². The van der Waals surface area contributed by atoms with Crippen LogP contribution in [0.1, 0.15) is 17.3 Å². The summed E-state index contributed by atoms with van der Waals surface area (Å²) in [6.45, 7) is 1.43. The molecule has 0 spiro atoms. The van der Waals surface area contributed by atoms with E-state index in [1.807, 2.05) is 0 Å². The van der Waals surface area contributed by atoms with Crippen LogP contribution in [0.25, 0.3) is 0 Å². The molecule has 0 aromatic heterocycles. The maximum Gasteiger partial charge on any atom is 0.253 e. The number of nitrogens with zero attached hydrogens (tertiary/aromatic N) is 1. The minimum absolute atomic E-state index is 0.0223. The van der Waals surface area contributed by atoms with Crippen molar-refractivity contribution < 1.29 is 19.1 Å². The molecule has 0 radical (unpaired) electrons. The molecule has 2 aromatic carbocycles. The molecule has 0 atom stereocenters. The third-order valence-corrected chi connectivity index (χ3v) is 3.79. The maximum absolute atomic E-state index is 12.3. The second-order valence-electron chi connectivity index (χ2n) is 6.27. The summed E-state index contributed by atoms with van der Waals surface area (Å²) < 4.78 is 5.24. The van der Waals surface area contributed by atoms with Gasteiger partial charge in [0, 0.05) is 38.0 Å². The smallest absolute Gasteiger partial charge is 0.253 e. The standard InChI is InChI=1S/C20H24N4O4/c1-13(25)22-16-9-10-18(28-4)17(11-16)23-19(26)12-21-15-7-5-14(6-8-15)20(27)24(2)3/h5-11,21H,12H2,1-4H3,(H,22,25)(H,23,26). The van der Waals surface area contributed by atoms with Crippen LogP contribution in [0.3, 0.4) is 0 Å². The Morgan fingerprint density at radius 1 is 0.964 bits per heavy atom. The van der Waals surface area contributed by atoms with Crippen LogP contribution in [-0.2, 0) is 9.59 Å². The zero-order valence-corrected chi connectivity index (χ0v) is 16.3. The number of nitrogens with one attached hydrogen (secondary N) is 3. The van der Waals surface area contributed by atoms with Crippen LogP contribution in [0.5, 0.6) is 5.75 Å². The first-order valence-electron chi connectivity index (χ1n) is 8.61. The van der Waals surface area contributed by atoms with E-state index >= 15 is 0 Å². The number of anilines is 3. The average Bonchev–Trinajstić information content (AvgIpc) is 2.66. The lowest BCUT2D eigenvalue weighted by molar-refractivity contribution is -0.115. The summed E-state index contributed by atoms with van der Waals surface area (Å²) >= 11 is 0. The number of carbonyl (C=O) groups excluding carboxylic acids is 3. The summed E-state index contributed by atoms with van der Waals surface area (Å²) in [6.07, 6.45) is 0. The number of amides is 3. The molecule has 0 bridgehead atoms. The van der Waals surface area contributed by atoms with Gasteiger partial charge in [-0.05, 0) is 42.5 Å². The molecule has 2 aromatic rings. The predicted octanol–water partition coefficient (Wildman–Crippen LogP) is 2.41. The summed E-state index contributed by atoms with van der Waals surface area (Å²) in [5.41, 5.74) is 2.29. The van der Waals surface area contributed by atoms with Crippen molar-refractivity contribution in [3.8, 4) is 5.75 Å². The SMILES string of the molecule is COc1ccc(NC(C)=O)cc1NC(=O)CNc1ccc(C(=O)N(C)C)cc1. The Kier molecular flexibility index (Phi) is 6.97. The van der Waals surface area contributed by atoms with E-state index in [4.69, 9.17) is 4.74 Å². The Labute approximate surface area is 163 Å². The minimum atomic E-state index is -0.285. The summed E-state index contributed by atoms with van der Waals surface area (Å²) in [6, 6.07) is 11.8. The Bertz CT molecular complexity index is 863. The third-order valence-electron chi connectivity index (χ3n) is 3.79. The molecule has 2 rings (SSSR count). The monoisotopic (exact) mass is 384 g/mol. The van der Waals surface area contributed by atoms with Crippen LogP contribution in [0, 0.1) is 0 Å². The van der Waals surface area contributed by atoms with E-state index in [2.05, 4.69) is 16.0 Å². The largest absolute Gasteiger partial charge is 0.495 e. The fraction of sp³-hybridized carbons (Fsp3) is 0.250. The zero-order valence-electron chi connectivity index (χ0n) is 16.3. The molecule has 0 unspecified atom stereocenters. The summed E-state index contributed by atoms with van der Waals surface area (Å²) in [5.74, 6) is -0.100. The molecule has 0 saturated carbocycles. The highest BCUT2D eigenvalue weighted by atomic mass is 16.5. The van der Waals surface area contributed by atoms with Crippen LogP contribution in [0.15, 0.2) is 42.5 Å². The van der Waals surface area contributed by atoms with Crippen molar-refractivity contribution in [3.05, 3.63) is 48.0 Å². The van der Waals surface area contributed by atoms with E-state index in [0.717, 1.165) is 0 Å². The van der Waals surface area contributed by atoms with Gasteiger partial charge in [0.05, 0.1) is 19.3 Å². The highest BCUT2D eigenvalue weighted by Crippen LogP contribution is 2.27. The van der Waals surface area contributed by atoms with Gasteiger partial charge >= 0.3 is 0 Å². The lowest BCUT2D eigenvalue weighted by atomic mass is 10.2. The summed E-state index contributed by atoms with van der Waals surface area (Å²) in [5, 5.41) is 8.41. The molecule has 0 saturated heterocycles. The molecule has 3 amide bonds. The number of methoxy groups -OCH3 is 1. The molecule has 0 aliphatic carbocycles. The van der Waals surface area contributed by atoms with Crippen molar-refractivity contribution in [1.29, 1.82) is 0 Å². The quantitative estimate of drug-likeness (QED) is 0.681. The molecule has 148 valence electrons. The van der Waals surface area contributed by atoms with Gasteiger partial charge in [-0.25, -0.2) is 0 Å². The summed E-state index contributed by atoms with van der Waals surface area (Å²) in [4.78, 5) is 36.9. The fourth-order valence-corrected chi connectivity index (χ4v) is 2.45. The molecule has 3 N–H and O–H groups in total.